The minimum atomic E-state index is -0.531. The summed E-state index contributed by atoms with van der Waals surface area (Å²) in [6.45, 7) is 3.56. The number of ether oxygens (including phenoxy) is 2. The quantitative estimate of drug-likeness (QED) is 0.526. The van der Waals surface area contributed by atoms with Crippen molar-refractivity contribution in [3.05, 3.63) is 12.7 Å². The SMILES string of the molecule is C=CC[C@H](O)[C@H]1C[C@H]2OC(=O)C[C@H]2O1. The Hall–Kier alpha value is -0.870. The van der Waals surface area contributed by atoms with Crippen molar-refractivity contribution < 1.29 is 19.4 Å². The van der Waals surface area contributed by atoms with E-state index in [1.807, 2.05) is 0 Å². The summed E-state index contributed by atoms with van der Waals surface area (Å²) in [5.41, 5.74) is 0. The van der Waals surface area contributed by atoms with Gasteiger partial charge < -0.3 is 14.6 Å². The lowest BCUT2D eigenvalue weighted by Gasteiger charge is -2.16. The molecule has 0 aliphatic carbocycles. The highest BCUT2D eigenvalue weighted by Gasteiger charge is 2.45. The molecule has 0 bridgehead atoms. The molecule has 0 aromatic heterocycles. The third kappa shape index (κ3) is 1.67. The molecule has 4 nitrogen and oxygen atoms in total. The smallest absolute Gasteiger partial charge is 0.308 e. The number of aliphatic hydroxyl groups is 1. The fourth-order valence-corrected chi connectivity index (χ4v) is 2.00. The van der Waals surface area contributed by atoms with Crippen molar-refractivity contribution in [1.29, 1.82) is 0 Å². The second kappa shape index (κ2) is 3.71. The molecule has 0 unspecified atom stereocenters. The van der Waals surface area contributed by atoms with Gasteiger partial charge in [0.1, 0.15) is 12.2 Å². The Morgan fingerprint density at radius 2 is 2.43 bits per heavy atom. The fraction of sp³-hybridized carbons (Fsp3) is 0.700. The third-order valence-corrected chi connectivity index (χ3v) is 2.72. The average Bonchev–Trinajstić information content (AvgIpc) is 2.61. The number of hydrogen-bond acceptors (Lipinski definition) is 4. The van der Waals surface area contributed by atoms with Gasteiger partial charge in [-0.2, -0.15) is 0 Å². The van der Waals surface area contributed by atoms with Crippen LogP contribution in [-0.2, 0) is 14.3 Å². The van der Waals surface area contributed by atoms with Gasteiger partial charge in [-0.05, 0) is 6.42 Å². The standard InChI is InChI=1S/C10H14O4/c1-2-3-6(11)7-4-8-9(13-7)5-10(12)14-8/h2,6-9,11H,1,3-5H2/t6-,7+,8+,9+/m0/s1. The highest BCUT2D eigenvalue weighted by molar-refractivity contribution is 5.72. The van der Waals surface area contributed by atoms with Crippen LogP contribution in [0.3, 0.4) is 0 Å². The van der Waals surface area contributed by atoms with Gasteiger partial charge in [-0.3, -0.25) is 4.79 Å². The van der Waals surface area contributed by atoms with Crippen LogP contribution in [0.4, 0.5) is 0 Å². The highest BCUT2D eigenvalue weighted by atomic mass is 16.6. The van der Waals surface area contributed by atoms with E-state index in [0.717, 1.165) is 0 Å². The Kier molecular flexibility index (Phi) is 2.56. The van der Waals surface area contributed by atoms with Gasteiger partial charge >= 0.3 is 5.97 Å². The molecule has 2 heterocycles. The van der Waals surface area contributed by atoms with Crippen molar-refractivity contribution in [2.75, 3.05) is 0 Å². The minimum Gasteiger partial charge on any atom is -0.459 e. The summed E-state index contributed by atoms with van der Waals surface area (Å²) in [5, 5.41) is 9.63. The molecule has 4 heteroatoms. The van der Waals surface area contributed by atoms with Gasteiger partial charge in [0, 0.05) is 6.42 Å². The molecule has 0 spiro atoms. The fourth-order valence-electron chi connectivity index (χ4n) is 2.00. The van der Waals surface area contributed by atoms with Crippen LogP contribution in [0, 0.1) is 0 Å². The molecule has 0 amide bonds. The molecule has 0 saturated carbocycles. The zero-order chi connectivity index (χ0) is 10.1. The van der Waals surface area contributed by atoms with Crippen molar-refractivity contribution in [3.63, 3.8) is 0 Å². The first-order chi connectivity index (χ1) is 6.70. The van der Waals surface area contributed by atoms with E-state index in [2.05, 4.69) is 6.58 Å². The van der Waals surface area contributed by atoms with E-state index in [-0.39, 0.29) is 24.3 Å². The van der Waals surface area contributed by atoms with Crippen molar-refractivity contribution in [2.45, 2.75) is 43.7 Å². The molecule has 0 radical (unpaired) electrons. The van der Waals surface area contributed by atoms with Gasteiger partial charge in [0.25, 0.3) is 0 Å². The number of carbonyl (C=O) groups is 1. The Bertz CT molecular complexity index is 235. The average molecular weight is 198 g/mol. The van der Waals surface area contributed by atoms with Crippen LogP contribution >= 0.6 is 0 Å². The highest BCUT2D eigenvalue weighted by Crippen LogP contribution is 2.33. The lowest BCUT2D eigenvalue weighted by Crippen LogP contribution is -2.26. The molecule has 14 heavy (non-hydrogen) atoms. The molecule has 2 rings (SSSR count). The molecule has 0 aromatic carbocycles. The van der Waals surface area contributed by atoms with Crippen LogP contribution in [0.5, 0.6) is 0 Å². The maximum Gasteiger partial charge on any atom is 0.308 e. The summed E-state index contributed by atoms with van der Waals surface area (Å²) >= 11 is 0. The molecule has 0 aromatic rings. The summed E-state index contributed by atoms with van der Waals surface area (Å²) in [6.07, 6.45) is 2.06. The van der Waals surface area contributed by atoms with E-state index in [1.54, 1.807) is 6.08 Å². The first-order valence-electron chi connectivity index (χ1n) is 4.84. The van der Waals surface area contributed by atoms with Gasteiger partial charge in [0.2, 0.25) is 0 Å². The normalized spacial score (nSPS) is 37.8. The molecule has 4 atom stereocenters. The summed E-state index contributed by atoms with van der Waals surface area (Å²) < 4.78 is 10.6. The number of hydrogen-bond donors (Lipinski definition) is 1. The van der Waals surface area contributed by atoms with E-state index in [1.165, 1.54) is 0 Å². The van der Waals surface area contributed by atoms with Crippen LogP contribution in [0.15, 0.2) is 12.7 Å². The van der Waals surface area contributed by atoms with E-state index in [9.17, 15) is 9.90 Å². The van der Waals surface area contributed by atoms with E-state index in [0.29, 0.717) is 19.3 Å². The second-order valence-electron chi connectivity index (χ2n) is 3.77. The van der Waals surface area contributed by atoms with Gasteiger partial charge in [-0.15, -0.1) is 6.58 Å². The first kappa shape index (κ1) is 9.68. The van der Waals surface area contributed by atoms with Gasteiger partial charge in [0.15, 0.2) is 0 Å². The zero-order valence-electron chi connectivity index (χ0n) is 7.89. The molecular formula is C10H14O4. The number of aliphatic hydroxyl groups excluding tert-OH is 1. The Morgan fingerprint density at radius 1 is 1.64 bits per heavy atom. The maximum absolute atomic E-state index is 10.9. The van der Waals surface area contributed by atoms with E-state index < -0.39 is 6.10 Å². The number of fused-ring (bicyclic) bond motifs is 1. The van der Waals surface area contributed by atoms with Crippen molar-refractivity contribution in [3.8, 4) is 0 Å². The molecular weight excluding hydrogens is 184 g/mol. The number of rotatable bonds is 3. The lowest BCUT2D eigenvalue weighted by atomic mass is 10.1. The largest absolute Gasteiger partial charge is 0.459 e. The maximum atomic E-state index is 10.9. The van der Waals surface area contributed by atoms with Gasteiger partial charge in [0.05, 0.1) is 18.6 Å². The summed E-state index contributed by atoms with van der Waals surface area (Å²) in [4.78, 5) is 10.9. The van der Waals surface area contributed by atoms with Gasteiger partial charge in [-0.1, -0.05) is 6.08 Å². The Labute approximate surface area is 82.5 Å². The predicted molar refractivity (Wildman–Crippen MR) is 48.6 cm³/mol. The van der Waals surface area contributed by atoms with E-state index >= 15 is 0 Å². The van der Waals surface area contributed by atoms with Crippen LogP contribution in [0.2, 0.25) is 0 Å². The molecule has 78 valence electrons. The van der Waals surface area contributed by atoms with Crippen LogP contribution < -0.4 is 0 Å². The summed E-state index contributed by atoms with van der Waals surface area (Å²) in [5.74, 6) is -0.198. The molecule has 1 N–H and O–H groups in total. The Balaban J connectivity index is 1.90. The number of esters is 1. The molecule has 2 saturated heterocycles. The zero-order valence-corrected chi connectivity index (χ0v) is 7.89. The second-order valence-corrected chi connectivity index (χ2v) is 3.77. The third-order valence-electron chi connectivity index (χ3n) is 2.72. The van der Waals surface area contributed by atoms with E-state index in [4.69, 9.17) is 9.47 Å². The predicted octanol–water partition coefficient (Wildman–Crippen LogP) is 0.396. The Morgan fingerprint density at radius 3 is 3.07 bits per heavy atom. The van der Waals surface area contributed by atoms with Crippen LogP contribution in [0.25, 0.3) is 0 Å². The minimum absolute atomic E-state index is 0.146. The lowest BCUT2D eigenvalue weighted by molar-refractivity contribution is -0.141. The molecule has 2 aliphatic heterocycles. The van der Waals surface area contributed by atoms with Crippen molar-refractivity contribution >= 4 is 5.97 Å². The van der Waals surface area contributed by atoms with Gasteiger partial charge in [-0.25, -0.2) is 0 Å². The summed E-state index contributed by atoms with van der Waals surface area (Å²) in [7, 11) is 0. The first-order valence-corrected chi connectivity index (χ1v) is 4.84. The summed E-state index contributed by atoms with van der Waals surface area (Å²) in [6, 6.07) is 0. The van der Waals surface area contributed by atoms with Crippen molar-refractivity contribution in [1.82, 2.24) is 0 Å². The monoisotopic (exact) mass is 198 g/mol. The molecule has 2 aliphatic rings. The molecule has 2 fully saturated rings. The number of carbonyl (C=O) groups excluding carboxylic acids is 1. The van der Waals surface area contributed by atoms with Crippen LogP contribution in [0.1, 0.15) is 19.3 Å². The topological polar surface area (TPSA) is 55.8 Å². The van der Waals surface area contributed by atoms with Crippen molar-refractivity contribution in [2.24, 2.45) is 0 Å². The van der Waals surface area contributed by atoms with Crippen LogP contribution in [-0.4, -0.2) is 35.5 Å².